The minimum absolute atomic E-state index is 0.102. The van der Waals surface area contributed by atoms with Crippen LogP contribution in [0.15, 0.2) is 57.5 Å². The maximum atomic E-state index is 14.5. The molecule has 0 atom stereocenters. The maximum absolute atomic E-state index is 14.5. The van der Waals surface area contributed by atoms with Crippen LogP contribution in [0, 0.1) is 13.8 Å². The third-order valence-electron chi connectivity index (χ3n) is 11.6. The number of aliphatic hydroxyl groups excluding tert-OH is 1. The molecule has 7 rings (SSSR count). The number of aliphatic hydroxyl groups is 1. The van der Waals surface area contributed by atoms with Crippen LogP contribution in [-0.4, -0.2) is 101 Å². The highest BCUT2D eigenvalue weighted by Crippen LogP contribution is 2.46. The molecule has 3 aliphatic rings. The first-order valence-electron chi connectivity index (χ1n) is 20.8. The number of fused-ring (bicyclic) bond motifs is 8. The summed E-state index contributed by atoms with van der Waals surface area (Å²) in [6.07, 6.45) is 3.19. The van der Waals surface area contributed by atoms with Crippen LogP contribution < -0.4 is 35.8 Å². The Hall–Kier alpha value is -6.82. The number of rotatable bonds is 7. The van der Waals surface area contributed by atoms with Crippen LogP contribution in [0.3, 0.4) is 0 Å². The second-order valence-corrected chi connectivity index (χ2v) is 15.9. The number of aromatic nitrogens is 4. The van der Waals surface area contributed by atoms with E-state index in [1.807, 2.05) is 44.4 Å². The van der Waals surface area contributed by atoms with Crippen LogP contribution in [0.1, 0.15) is 105 Å². The van der Waals surface area contributed by atoms with E-state index < -0.39 is 23.6 Å². The molecule has 0 aliphatic carbocycles. The lowest BCUT2D eigenvalue weighted by Crippen LogP contribution is -2.40. The molecular weight excluding hydrogens is 793 g/mol. The zero-order valence-corrected chi connectivity index (χ0v) is 36.4. The molecule has 0 fully saturated rings. The molecule has 5 N–H and O–H groups in total. The van der Waals surface area contributed by atoms with Gasteiger partial charge in [0, 0.05) is 70.0 Å². The van der Waals surface area contributed by atoms with Crippen molar-refractivity contribution in [3.8, 4) is 5.75 Å². The quantitative estimate of drug-likeness (QED) is 0.175. The average molecular weight is 847 g/mol. The number of hydrogen-bond donors (Lipinski definition) is 3. The highest BCUT2D eigenvalue weighted by molar-refractivity contribution is 6.22. The van der Waals surface area contributed by atoms with Gasteiger partial charge in [-0.15, -0.1) is 0 Å². The molecular formula is C44H54N12O6. The third-order valence-corrected chi connectivity index (χ3v) is 11.6. The zero-order chi connectivity index (χ0) is 44.6. The normalized spacial score (nSPS) is 17.4. The van der Waals surface area contributed by atoms with E-state index in [2.05, 4.69) is 5.10 Å². The van der Waals surface area contributed by atoms with Gasteiger partial charge in [-0.3, -0.25) is 28.5 Å². The Morgan fingerprint density at radius 1 is 0.790 bits per heavy atom. The first kappa shape index (κ1) is 43.3. The Morgan fingerprint density at radius 3 is 2.15 bits per heavy atom. The first-order chi connectivity index (χ1) is 29.6. The van der Waals surface area contributed by atoms with Gasteiger partial charge in [-0.05, 0) is 90.3 Å². The Labute approximate surface area is 360 Å². The lowest BCUT2D eigenvalue weighted by atomic mass is 10.0. The van der Waals surface area contributed by atoms with E-state index in [0.29, 0.717) is 89.7 Å². The summed E-state index contributed by atoms with van der Waals surface area (Å²) in [5, 5.41) is 19.0. The third kappa shape index (κ3) is 8.16. The zero-order valence-electron chi connectivity index (χ0n) is 36.4. The summed E-state index contributed by atoms with van der Waals surface area (Å²) in [5.74, 6) is -1.18. The summed E-state index contributed by atoms with van der Waals surface area (Å²) in [7, 11) is 3.56. The standard InChI is InChI=1S/C44H54N12O6/c1-8-55-37-31(28(5)50-55)13-10-9-11-16-56-35(19-27(4)49-56)41(60)47-44-52(7)34-21-30(40(46)59)22-36(62-18-12-17-57)38(34)54(44)24-26(3)25(2)23-53-32-15-14-29(39(45)58)20-33(32)51(6)43(53)48-42(37)61/h14-15,19-22,57H,8-13,16-18,23-24H2,1-7H3,(H2,45,58)(H2,46,59)/b26-25+,47-44?,48-43?. The summed E-state index contributed by atoms with van der Waals surface area (Å²) < 4.78 is 9.61. The molecule has 0 saturated heterocycles. The lowest BCUT2D eigenvalue weighted by molar-refractivity contribution is 0.0983. The topological polar surface area (TPSA) is 223 Å². The van der Waals surface area contributed by atoms with E-state index in [1.54, 1.807) is 69.7 Å². The molecule has 3 aliphatic heterocycles. The fraction of sp³-hybridized carbons (Fsp3) is 0.409. The molecule has 4 aromatic rings. The number of carbonyl (C=O) groups excluding carboxylic acids is 4. The number of nitrogens with zero attached hydrogens (tertiary/aromatic N) is 10. The molecule has 0 radical (unpaired) electrons. The van der Waals surface area contributed by atoms with E-state index in [0.717, 1.165) is 40.9 Å². The minimum Gasteiger partial charge on any atom is -0.491 e. The van der Waals surface area contributed by atoms with Gasteiger partial charge in [0.15, 0.2) is 0 Å². The summed E-state index contributed by atoms with van der Waals surface area (Å²) in [6.45, 7) is 11.1. The average Bonchev–Trinajstić information content (AvgIpc) is 3.93. The van der Waals surface area contributed by atoms with Crippen molar-refractivity contribution < 1.29 is 29.0 Å². The predicted octanol–water partition coefficient (Wildman–Crippen LogP) is 4.34. The van der Waals surface area contributed by atoms with Crippen molar-refractivity contribution in [1.29, 1.82) is 0 Å². The first-order valence-corrected chi connectivity index (χ1v) is 20.8. The van der Waals surface area contributed by atoms with Crippen LogP contribution in [-0.2, 0) is 19.5 Å². The van der Waals surface area contributed by atoms with Crippen LogP contribution in [0.5, 0.6) is 5.75 Å². The van der Waals surface area contributed by atoms with E-state index >= 15 is 0 Å². The molecule has 62 heavy (non-hydrogen) atoms. The number of anilines is 4. The fourth-order valence-corrected chi connectivity index (χ4v) is 8.20. The van der Waals surface area contributed by atoms with Gasteiger partial charge in [0.2, 0.25) is 23.7 Å². The number of guanidine groups is 2. The number of benzene rings is 2. The lowest BCUT2D eigenvalue weighted by Gasteiger charge is -2.26. The highest BCUT2D eigenvalue weighted by atomic mass is 16.5. The maximum Gasteiger partial charge on any atom is 0.298 e. The molecule has 2 aromatic carbocycles. The van der Waals surface area contributed by atoms with Crippen molar-refractivity contribution in [2.75, 3.05) is 60.0 Å². The van der Waals surface area contributed by atoms with E-state index in [1.165, 1.54) is 0 Å². The Kier molecular flexibility index (Phi) is 12.3. The molecule has 326 valence electrons. The number of nitrogens with two attached hydrogens (primary N) is 2. The smallest absolute Gasteiger partial charge is 0.298 e. The highest BCUT2D eigenvalue weighted by Gasteiger charge is 2.38. The van der Waals surface area contributed by atoms with Crippen molar-refractivity contribution in [3.63, 3.8) is 0 Å². The largest absolute Gasteiger partial charge is 0.491 e. The van der Waals surface area contributed by atoms with E-state index in [9.17, 15) is 24.3 Å². The number of aryl methyl sites for hydroxylation is 4. The Bertz CT molecular complexity index is 2570. The molecule has 18 heteroatoms. The summed E-state index contributed by atoms with van der Waals surface area (Å²) in [4.78, 5) is 70.6. The molecule has 18 nitrogen and oxygen atoms in total. The molecule has 0 saturated carbocycles. The summed E-state index contributed by atoms with van der Waals surface area (Å²) >= 11 is 0. The predicted molar refractivity (Wildman–Crippen MR) is 238 cm³/mol. The second kappa shape index (κ2) is 17.6. The van der Waals surface area contributed by atoms with Gasteiger partial charge in [-0.2, -0.15) is 20.2 Å². The molecule has 0 spiro atoms. The van der Waals surface area contributed by atoms with Gasteiger partial charge in [-0.25, -0.2) is 0 Å². The number of aliphatic imine (C=N–C) groups is 2. The molecule has 4 amide bonds. The summed E-state index contributed by atoms with van der Waals surface area (Å²) in [5.41, 5.74) is 19.3. The Morgan fingerprint density at radius 2 is 1.45 bits per heavy atom. The van der Waals surface area contributed by atoms with Gasteiger partial charge in [0.05, 0.1) is 35.1 Å². The molecule has 2 aromatic heterocycles. The Balaban J connectivity index is 1.40. The SMILES string of the molecule is CCn1nc(C)c2c1C(=O)N=C1N(C)c3cc(C(N)=O)ccc3N1C/C(C)=C(\C)CN1C(=NC(=O)c3cc(C)nn3CCCCC2)N(C)c2cc(C(N)=O)cc(OCCCO)c21. The van der Waals surface area contributed by atoms with Crippen molar-refractivity contribution in [1.82, 2.24) is 19.6 Å². The van der Waals surface area contributed by atoms with Crippen molar-refractivity contribution in [2.45, 2.75) is 79.8 Å². The number of carbonyl (C=O) groups is 4. The number of amides is 4. The summed E-state index contributed by atoms with van der Waals surface area (Å²) in [6, 6.07) is 10.1. The van der Waals surface area contributed by atoms with Crippen molar-refractivity contribution >= 4 is 58.3 Å². The van der Waals surface area contributed by atoms with Gasteiger partial charge >= 0.3 is 0 Å². The second-order valence-electron chi connectivity index (χ2n) is 15.9. The van der Waals surface area contributed by atoms with E-state index in [4.69, 9.17) is 31.3 Å². The van der Waals surface area contributed by atoms with Crippen LogP contribution in [0.25, 0.3) is 0 Å². The van der Waals surface area contributed by atoms with Crippen LogP contribution >= 0.6 is 0 Å². The van der Waals surface area contributed by atoms with Gasteiger partial charge < -0.3 is 40.9 Å². The fourth-order valence-electron chi connectivity index (χ4n) is 8.20. The van der Waals surface area contributed by atoms with E-state index in [-0.39, 0.29) is 31.9 Å². The van der Waals surface area contributed by atoms with Crippen molar-refractivity contribution in [3.05, 3.63) is 87.0 Å². The number of hydrogen-bond acceptors (Lipinski definition) is 12. The molecule has 0 unspecified atom stereocenters. The number of primary amides is 2. The van der Waals surface area contributed by atoms with Crippen LogP contribution in [0.4, 0.5) is 22.7 Å². The van der Waals surface area contributed by atoms with Crippen LogP contribution in [0.2, 0.25) is 0 Å². The molecule has 5 heterocycles. The monoisotopic (exact) mass is 846 g/mol. The van der Waals surface area contributed by atoms with Gasteiger partial charge in [0.25, 0.3) is 11.8 Å². The number of ether oxygens (including phenoxy) is 1. The van der Waals surface area contributed by atoms with Crippen molar-refractivity contribution in [2.24, 2.45) is 21.5 Å². The van der Waals surface area contributed by atoms with Gasteiger partial charge in [-0.1, -0.05) is 17.6 Å². The van der Waals surface area contributed by atoms with Gasteiger partial charge in [0.1, 0.15) is 22.8 Å². The minimum atomic E-state index is -0.660. The molecule has 0 bridgehead atoms.